The molecule has 10 nitrogen and oxygen atoms in total. The van der Waals surface area contributed by atoms with E-state index in [0.717, 1.165) is 25.7 Å². The number of carbonyl (C=O) groups excluding carboxylic acids is 4. The molecule has 2 aromatic carbocycles. The van der Waals surface area contributed by atoms with E-state index in [4.69, 9.17) is 28.4 Å². The minimum atomic E-state index is -1.84. The van der Waals surface area contributed by atoms with Gasteiger partial charge in [0.2, 0.25) is 0 Å². The SMILES string of the molecule is COc1ccc(C(=O)[C@@H]2C(=O)O[C@@H]3[C@H]([C@@H]4[C@H]5CC[C@@](C)([C@@H]4OC(=O)[C@H]2C(=O)c2ccc(OC)c(OC)c2)C5(C)C)[C@H]2CC[C@]3(C)C2(C)C)cc1OC. The van der Waals surface area contributed by atoms with Crippen molar-refractivity contribution >= 4 is 23.5 Å². The first-order chi connectivity index (χ1) is 24.5. The molecule has 0 unspecified atom stereocenters. The van der Waals surface area contributed by atoms with E-state index in [9.17, 15) is 19.2 Å². The lowest BCUT2D eigenvalue weighted by atomic mass is 9.65. The van der Waals surface area contributed by atoms with Gasteiger partial charge in [-0.25, -0.2) is 0 Å². The number of ketones is 2. The van der Waals surface area contributed by atoms with Crippen molar-refractivity contribution in [2.45, 2.75) is 79.4 Å². The zero-order valence-corrected chi connectivity index (χ0v) is 32.0. The van der Waals surface area contributed by atoms with Crippen LogP contribution < -0.4 is 18.9 Å². The van der Waals surface area contributed by atoms with E-state index in [-0.39, 0.29) is 57.1 Å². The van der Waals surface area contributed by atoms with Crippen LogP contribution in [0.15, 0.2) is 36.4 Å². The van der Waals surface area contributed by atoms with E-state index in [2.05, 4.69) is 41.5 Å². The number of fused-ring (bicyclic) bond motifs is 11. The summed E-state index contributed by atoms with van der Waals surface area (Å²) in [4.78, 5) is 59.6. The number of hydrogen-bond acceptors (Lipinski definition) is 10. The highest BCUT2D eigenvalue weighted by molar-refractivity contribution is 6.19. The molecule has 10 heteroatoms. The highest BCUT2D eigenvalue weighted by atomic mass is 16.6. The van der Waals surface area contributed by atoms with Crippen molar-refractivity contribution in [3.8, 4) is 23.0 Å². The number of ether oxygens (including phenoxy) is 6. The molecule has 1 aliphatic heterocycles. The molecule has 2 aromatic rings. The van der Waals surface area contributed by atoms with Crippen molar-refractivity contribution < 1.29 is 47.6 Å². The number of esters is 2. The van der Waals surface area contributed by atoms with Gasteiger partial charge in [0.05, 0.1) is 28.4 Å². The molecule has 0 radical (unpaired) electrons. The molecule has 0 spiro atoms. The van der Waals surface area contributed by atoms with Crippen molar-refractivity contribution in [3.63, 3.8) is 0 Å². The van der Waals surface area contributed by atoms with Gasteiger partial charge in [-0.2, -0.15) is 0 Å². The summed E-state index contributed by atoms with van der Waals surface area (Å²) in [7, 11) is 5.83. The molecule has 5 fully saturated rings. The summed E-state index contributed by atoms with van der Waals surface area (Å²) >= 11 is 0. The minimum Gasteiger partial charge on any atom is -0.493 e. The lowest BCUT2D eigenvalue weighted by Gasteiger charge is -2.47. The average molecular weight is 717 g/mol. The first-order valence-corrected chi connectivity index (χ1v) is 18.5. The van der Waals surface area contributed by atoms with Crippen LogP contribution in [0.5, 0.6) is 23.0 Å². The molecular formula is C42H52O10. The quantitative estimate of drug-likeness (QED) is 0.160. The Balaban J connectivity index is 1.43. The normalized spacial score (nSPS) is 36.6. The third kappa shape index (κ3) is 4.73. The van der Waals surface area contributed by atoms with E-state index < -0.39 is 58.4 Å². The zero-order valence-electron chi connectivity index (χ0n) is 32.0. The monoisotopic (exact) mass is 716 g/mol. The number of carbonyl (C=O) groups is 4. The van der Waals surface area contributed by atoms with Crippen LogP contribution in [0.25, 0.3) is 0 Å². The van der Waals surface area contributed by atoms with Gasteiger partial charge in [-0.15, -0.1) is 0 Å². The maximum Gasteiger partial charge on any atom is 0.318 e. The fourth-order valence-corrected chi connectivity index (χ4v) is 11.6. The van der Waals surface area contributed by atoms with Crippen LogP contribution in [-0.4, -0.2) is 64.2 Å². The van der Waals surface area contributed by atoms with Gasteiger partial charge in [-0.05, 0) is 84.7 Å². The summed E-state index contributed by atoms with van der Waals surface area (Å²) in [6.45, 7) is 13.5. The van der Waals surface area contributed by atoms with Gasteiger partial charge in [0, 0.05) is 33.8 Å². The van der Waals surface area contributed by atoms with E-state index in [1.807, 2.05) is 0 Å². The van der Waals surface area contributed by atoms with Crippen LogP contribution in [-0.2, 0) is 19.1 Å². The Morgan fingerprint density at radius 3 is 1.25 bits per heavy atom. The Bertz CT molecular complexity index is 1700. The van der Waals surface area contributed by atoms with Gasteiger partial charge < -0.3 is 28.4 Å². The molecule has 4 saturated carbocycles. The molecule has 4 bridgehead atoms. The molecule has 0 N–H and O–H groups in total. The van der Waals surface area contributed by atoms with Crippen molar-refractivity contribution in [3.05, 3.63) is 47.5 Å². The van der Waals surface area contributed by atoms with Gasteiger partial charge in [-0.1, -0.05) is 41.5 Å². The second-order valence-corrected chi connectivity index (χ2v) is 17.3. The largest absolute Gasteiger partial charge is 0.493 e. The van der Waals surface area contributed by atoms with Crippen LogP contribution in [0.1, 0.15) is 87.9 Å². The zero-order chi connectivity index (χ0) is 37.7. The van der Waals surface area contributed by atoms with Crippen LogP contribution in [0, 0.1) is 57.2 Å². The Morgan fingerprint density at radius 2 is 0.923 bits per heavy atom. The van der Waals surface area contributed by atoms with E-state index in [0.29, 0.717) is 11.5 Å². The number of rotatable bonds is 8. The van der Waals surface area contributed by atoms with Crippen molar-refractivity contribution in [1.29, 1.82) is 0 Å². The second kappa shape index (κ2) is 12.2. The van der Waals surface area contributed by atoms with Gasteiger partial charge in [-0.3, -0.25) is 19.2 Å². The highest BCUT2D eigenvalue weighted by Gasteiger charge is 2.77. The third-order valence-corrected chi connectivity index (χ3v) is 15.3. The average Bonchev–Trinajstić information content (AvgIpc) is 3.63. The van der Waals surface area contributed by atoms with Gasteiger partial charge >= 0.3 is 11.9 Å². The summed E-state index contributed by atoms with van der Waals surface area (Å²) in [5, 5.41) is 0. The van der Waals surface area contributed by atoms with Crippen LogP contribution in [0.4, 0.5) is 0 Å². The van der Waals surface area contributed by atoms with Crippen molar-refractivity contribution in [2.24, 2.45) is 57.2 Å². The van der Waals surface area contributed by atoms with Crippen molar-refractivity contribution in [1.82, 2.24) is 0 Å². The van der Waals surface area contributed by atoms with Gasteiger partial charge in [0.25, 0.3) is 0 Å². The number of Topliss-reactive ketones (excluding diaryl/α,β-unsaturated/α-hetero) is 2. The van der Waals surface area contributed by atoms with Crippen molar-refractivity contribution in [2.75, 3.05) is 28.4 Å². The van der Waals surface area contributed by atoms with E-state index >= 15 is 0 Å². The molecule has 1 heterocycles. The number of hydrogen-bond donors (Lipinski definition) is 0. The van der Waals surface area contributed by atoms with Crippen LogP contribution in [0.2, 0.25) is 0 Å². The molecule has 1 saturated heterocycles. The first kappa shape index (κ1) is 36.3. The minimum absolute atomic E-state index is 0.0662. The van der Waals surface area contributed by atoms with Crippen LogP contribution >= 0.6 is 0 Å². The Morgan fingerprint density at radius 1 is 0.577 bits per heavy atom. The molecule has 0 amide bonds. The standard InChI is InChI=1S/C42H52O10/c1-39(2)23-15-17-41(39,5)35-29(23)30-24-16-18-42(6,40(24,3)4)36(30)52-38(46)32(34(44)22-12-14-26(48-8)28(20-22)50-10)31(37(45)51-35)33(43)21-11-13-25(47-7)27(19-21)49-9/h11-14,19-20,23-24,29-32,35-36H,15-18H2,1-10H3/t23-,24-,29+,30+,31-,32-,35-,36-,41+,42+/m1/s1. The van der Waals surface area contributed by atoms with Crippen LogP contribution in [0.3, 0.4) is 0 Å². The number of methoxy groups -OCH3 is 4. The lowest BCUT2D eigenvalue weighted by molar-refractivity contribution is -0.187. The Hall–Kier alpha value is -4.08. The first-order valence-electron chi connectivity index (χ1n) is 18.5. The summed E-state index contributed by atoms with van der Waals surface area (Å²) in [6.07, 6.45) is 2.63. The summed E-state index contributed by atoms with van der Waals surface area (Å²) in [5.41, 5.74) is -1.02. The topological polar surface area (TPSA) is 124 Å². The molecule has 280 valence electrons. The molecule has 52 heavy (non-hydrogen) atoms. The molecular weight excluding hydrogens is 664 g/mol. The third-order valence-electron chi connectivity index (χ3n) is 15.3. The summed E-state index contributed by atoms with van der Waals surface area (Å²) in [6, 6.07) is 9.02. The maximum absolute atomic E-state index is 15.0. The fraction of sp³-hybridized carbons (Fsp3) is 0.619. The Labute approximate surface area is 306 Å². The maximum atomic E-state index is 15.0. The van der Waals surface area contributed by atoms with E-state index in [1.54, 1.807) is 12.1 Å². The molecule has 7 rings (SSSR count). The second-order valence-electron chi connectivity index (χ2n) is 17.3. The lowest BCUT2D eigenvalue weighted by Crippen LogP contribution is -2.54. The molecule has 4 aliphatic carbocycles. The Kier molecular flexibility index (Phi) is 8.54. The smallest absolute Gasteiger partial charge is 0.318 e. The van der Waals surface area contributed by atoms with Gasteiger partial charge in [0.15, 0.2) is 34.6 Å². The molecule has 10 atom stereocenters. The molecule has 0 aromatic heterocycles. The predicted molar refractivity (Wildman–Crippen MR) is 191 cm³/mol. The summed E-state index contributed by atoms with van der Waals surface area (Å²) < 4.78 is 35.2. The number of benzene rings is 2. The van der Waals surface area contributed by atoms with E-state index in [1.165, 1.54) is 52.7 Å². The summed E-state index contributed by atoms with van der Waals surface area (Å²) in [5.74, 6) is -5.40. The predicted octanol–water partition coefficient (Wildman–Crippen LogP) is 7.00. The fourth-order valence-electron chi connectivity index (χ4n) is 11.6. The van der Waals surface area contributed by atoms with Gasteiger partial charge in [0.1, 0.15) is 24.0 Å². The molecule has 5 aliphatic rings. The highest BCUT2D eigenvalue weighted by Crippen LogP contribution is 2.77.